The highest BCUT2D eigenvalue weighted by molar-refractivity contribution is 8.15. The van der Waals surface area contributed by atoms with Gasteiger partial charge in [-0.15, -0.1) is 5.10 Å². The molecule has 1 aliphatic rings. The van der Waals surface area contributed by atoms with E-state index in [-0.39, 0.29) is 11.2 Å². The summed E-state index contributed by atoms with van der Waals surface area (Å²) < 4.78 is 10.5. The van der Waals surface area contributed by atoms with E-state index in [0.29, 0.717) is 11.7 Å². The number of hydrogen-bond donors (Lipinski definition) is 0. The van der Waals surface area contributed by atoms with Crippen molar-refractivity contribution < 1.29 is 14.3 Å². The summed E-state index contributed by atoms with van der Waals surface area (Å²) in [6.07, 6.45) is 1.63. The van der Waals surface area contributed by atoms with Crippen LogP contribution >= 0.6 is 11.8 Å². The third-order valence-corrected chi connectivity index (χ3v) is 5.17. The standard InChI is InChI=1S/C20H21N3O3S/c1-14-19(24)23(13-15-8-10-17(25-2)11-9-15)20(27-14)22-21-12-16-6-4-5-7-18(16)26-3/h4-12,14H,13H2,1-3H3/b21-12+,22-20-. The first-order valence-electron chi connectivity index (χ1n) is 8.47. The normalized spacial score (nSPS) is 18.5. The Labute approximate surface area is 162 Å². The molecule has 7 heteroatoms. The molecule has 0 aliphatic carbocycles. The summed E-state index contributed by atoms with van der Waals surface area (Å²) in [6, 6.07) is 15.2. The maximum atomic E-state index is 12.5. The fraction of sp³-hybridized carbons (Fsp3) is 0.250. The molecule has 1 saturated heterocycles. The lowest BCUT2D eigenvalue weighted by Crippen LogP contribution is -2.30. The highest BCUT2D eigenvalue weighted by Crippen LogP contribution is 2.29. The first-order chi connectivity index (χ1) is 13.1. The van der Waals surface area contributed by atoms with Crippen molar-refractivity contribution in [3.8, 4) is 11.5 Å². The minimum Gasteiger partial charge on any atom is -0.497 e. The summed E-state index contributed by atoms with van der Waals surface area (Å²) in [6.45, 7) is 2.32. The topological polar surface area (TPSA) is 63.5 Å². The van der Waals surface area contributed by atoms with E-state index in [2.05, 4.69) is 10.2 Å². The van der Waals surface area contributed by atoms with Gasteiger partial charge in [0.25, 0.3) is 0 Å². The van der Waals surface area contributed by atoms with Gasteiger partial charge in [-0.3, -0.25) is 9.69 Å². The van der Waals surface area contributed by atoms with Crippen molar-refractivity contribution in [2.24, 2.45) is 10.2 Å². The summed E-state index contributed by atoms with van der Waals surface area (Å²) in [7, 11) is 3.24. The second-order valence-electron chi connectivity index (χ2n) is 5.90. The fourth-order valence-corrected chi connectivity index (χ4v) is 3.56. The van der Waals surface area contributed by atoms with Crippen LogP contribution in [-0.4, -0.2) is 41.7 Å². The molecule has 27 heavy (non-hydrogen) atoms. The van der Waals surface area contributed by atoms with Crippen LogP contribution in [0, 0.1) is 0 Å². The molecule has 140 valence electrons. The van der Waals surface area contributed by atoms with Crippen molar-refractivity contribution in [2.75, 3.05) is 14.2 Å². The Morgan fingerprint density at radius 1 is 1.11 bits per heavy atom. The van der Waals surface area contributed by atoms with Gasteiger partial charge in [0, 0.05) is 5.56 Å². The summed E-state index contributed by atoms with van der Waals surface area (Å²) in [5.41, 5.74) is 1.83. The molecule has 1 atom stereocenters. The van der Waals surface area contributed by atoms with E-state index in [1.807, 2.05) is 55.5 Å². The first-order valence-corrected chi connectivity index (χ1v) is 9.35. The second kappa shape index (κ2) is 8.73. The van der Waals surface area contributed by atoms with Crippen LogP contribution in [-0.2, 0) is 11.3 Å². The van der Waals surface area contributed by atoms with Gasteiger partial charge in [-0.2, -0.15) is 5.10 Å². The fourth-order valence-electron chi connectivity index (χ4n) is 2.64. The minimum absolute atomic E-state index is 0.0297. The van der Waals surface area contributed by atoms with Gasteiger partial charge in [0.1, 0.15) is 11.5 Å². The number of para-hydroxylation sites is 1. The molecule has 1 aliphatic heterocycles. The van der Waals surface area contributed by atoms with Crippen LogP contribution in [0.1, 0.15) is 18.1 Å². The molecule has 1 amide bonds. The van der Waals surface area contributed by atoms with Gasteiger partial charge in [-0.05, 0) is 36.8 Å². The molecule has 0 aromatic heterocycles. The van der Waals surface area contributed by atoms with Gasteiger partial charge in [-0.25, -0.2) is 0 Å². The highest BCUT2D eigenvalue weighted by atomic mass is 32.2. The number of benzene rings is 2. The molecule has 1 fully saturated rings. The molecule has 0 N–H and O–H groups in total. The lowest BCUT2D eigenvalue weighted by atomic mass is 10.2. The average Bonchev–Trinajstić information content (AvgIpc) is 2.96. The number of nitrogens with zero attached hydrogens (tertiary/aromatic N) is 3. The van der Waals surface area contributed by atoms with Gasteiger partial charge in [0.05, 0.1) is 32.2 Å². The Bertz CT molecular complexity index is 865. The van der Waals surface area contributed by atoms with E-state index in [0.717, 1.165) is 22.6 Å². The van der Waals surface area contributed by atoms with Gasteiger partial charge >= 0.3 is 0 Å². The molecule has 0 radical (unpaired) electrons. The lowest BCUT2D eigenvalue weighted by molar-refractivity contribution is -0.126. The van der Waals surface area contributed by atoms with Crippen LogP contribution in [0.3, 0.4) is 0 Å². The molecule has 0 spiro atoms. The van der Waals surface area contributed by atoms with Crippen molar-refractivity contribution >= 4 is 29.1 Å². The van der Waals surface area contributed by atoms with E-state index in [4.69, 9.17) is 9.47 Å². The van der Waals surface area contributed by atoms with Gasteiger partial charge in [0.15, 0.2) is 5.17 Å². The molecular formula is C20H21N3O3S. The van der Waals surface area contributed by atoms with Gasteiger partial charge < -0.3 is 9.47 Å². The number of methoxy groups -OCH3 is 2. The van der Waals surface area contributed by atoms with Crippen LogP contribution < -0.4 is 9.47 Å². The number of carbonyl (C=O) groups excluding carboxylic acids is 1. The maximum absolute atomic E-state index is 12.5. The third kappa shape index (κ3) is 4.49. The largest absolute Gasteiger partial charge is 0.497 e. The van der Waals surface area contributed by atoms with Crippen LogP contribution in [0.25, 0.3) is 0 Å². The zero-order chi connectivity index (χ0) is 19.2. The van der Waals surface area contributed by atoms with E-state index < -0.39 is 0 Å². The molecule has 6 nitrogen and oxygen atoms in total. The summed E-state index contributed by atoms with van der Waals surface area (Å²) in [4.78, 5) is 14.2. The quantitative estimate of drug-likeness (QED) is 0.565. The Kier molecular flexibility index (Phi) is 6.13. The SMILES string of the molecule is COc1ccc(CN2C(=O)C(C)S/C2=N\N=C\c2ccccc2OC)cc1. The molecule has 3 rings (SSSR count). The number of thioether (sulfide) groups is 1. The Balaban J connectivity index is 1.78. The number of hydrogen-bond acceptors (Lipinski definition) is 6. The predicted octanol–water partition coefficient (Wildman–Crippen LogP) is 3.56. The number of ether oxygens (including phenoxy) is 2. The van der Waals surface area contributed by atoms with Crippen LogP contribution in [0.4, 0.5) is 0 Å². The molecule has 2 aromatic carbocycles. The van der Waals surface area contributed by atoms with Crippen LogP contribution in [0.15, 0.2) is 58.7 Å². The molecule has 1 unspecified atom stereocenters. The number of amidine groups is 1. The molecule has 2 aromatic rings. The van der Waals surface area contributed by atoms with Gasteiger partial charge in [-0.1, -0.05) is 36.0 Å². The third-order valence-electron chi connectivity index (χ3n) is 4.11. The maximum Gasteiger partial charge on any atom is 0.242 e. The van der Waals surface area contributed by atoms with Crippen molar-refractivity contribution in [1.82, 2.24) is 4.90 Å². The van der Waals surface area contributed by atoms with E-state index in [9.17, 15) is 4.79 Å². The molecule has 0 saturated carbocycles. The summed E-state index contributed by atoms with van der Waals surface area (Å²) in [5.74, 6) is 1.53. The lowest BCUT2D eigenvalue weighted by Gasteiger charge is -2.15. The van der Waals surface area contributed by atoms with E-state index in [1.165, 1.54) is 11.8 Å². The zero-order valence-corrected chi connectivity index (χ0v) is 16.3. The highest BCUT2D eigenvalue weighted by Gasteiger charge is 2.35. The second-order valence-corrected chi connectivity index (χ2v) is 7.21. The van der Waals surface area contributed by atoms with Crippen molar-refractivity contribution in [2.45, 2.75) is 18.7 Å². The zero-order valence-electron chi connectivity index (χ0n) is 15.5. The first kappa shape index (κ1) is 19.0. The van der Waals surface area contributed by atoms with Crippen molar-refractivity contribution in [3.63, 3.8) is 0 Å². The monoisotopic (exact) mass is 383 g/mol. The Morgan fingerprint density at radius 2 is 1.85 bits per heavy atom. The van der Waals surface area contributed by atoms with Gasteiger partial charge in [0.2, 0.25) is 5.91 Å². The molecular weight excluding hydrogens is 362 g/mol. The van der Waals surface area contributed by atoms with E-state index >= 15 is 0 Å². The van der Waals surface area contributed by atoms with Crippen molar-refractivity contribution in [3.05, 3.63) is 59.7 Å². The van der Waals surface area contributed by atoms with Crippen LogP contribution in [0.2, 0.25) is 0 Å². The summed E-state index contributed by atoms with van der Waals surface area (Å²) in [5, 5.41) is 8.86. The molecule has 0 bridgehead atoms. The van der Waals surface area contributed by atoms with Crippen molar-refractivity contribution in [1.29, 1.82) is 0 Å². The minimum atomic E-state index is -0.177. The average molecular weight is 383 g/mol. The summed E-state index contributed by atoms with van der Waals surface area (Å²) >= 11 is 1.41. The number of rotatable bonds is 6. The van der Waals surface area contributed by atoms with E-state index in [1.54, 1.807) is 25.3 Å². The Morgan fingerprint density at radius 3 is 2.56 bits per heavy atom. The van der Waals surface area contributed by atoms with Crippen LogP contribution in [0.5, 0.6) is 11.5 Å². The number of amides is 1. The predicted molar refractivity (Wildman–Crippen MR) is 109 cm³/mol. The number of carbonyl (C=O) groups is 1. The smallest absolute Gasteiger partial charge is 0.242 e. The Hall–Kier alpha value is -2.80. The molecule has 1 heterocycles.